The van der Waals surface area contributed by atoms with E-state index in [1.165, 1.54) is 23.7 Å². The minimum absolute atomic E-state index is 0.0104. The van der Waals surface area contributed by atoms with E-state index in [1.54, 1.807) is 22.7 Å². The zero-order chi connectivity index (χ0) is 25.4. The van der Waals surface area contributed by atoms with Crippen LogP contribution in [0.3, 0.4) is 0 Å². The van der Waals surface area contributed by atoms with Crippen molar-refractivity contribution >= 4 is 28.3 Å². The van der Waals surface area contributed by atoms with Crippen LogP contribution in [0.15, 0.2) is 35.4 Å². The van der Waals surface area contributed by atoms with Crippen LogP contribution in [0.5, 0.6) is 0 Å². The van der Waals surface area contributed by atoms with Gasteiger partial charge in [-0.25, -0.2) is 18.7 Å². The molecule has 36 heavy (non-hydrogen) atoms. The van der Waals surface area contributed by atoms with Gasteiger partial charge in [0.25, 0.3) is 5.56 Å². The number of nitrogens with zero attached hydrogens (tertiary/aromatic N) is 6. The smallest absolute Gasteiger partial charge is 0.264 e. The van der Waals surface area contributed by atoms with Crippen LogP contribution in [0.1, 0.15) is 30.3 Å². The van der Waals surface area contributed by atoms with Gasteiger partial charge >= 0.3 is 0 Å². The molecule has 0 bridgehead atoms. The summed E-state index contributed by atoms with van der Waals surface area (Å²) in [5.74, 6) is -1.09. The van der Waals surface area contributed by atoms with Crippen molar-refractivity contribution in [2.75, 3.05) is 18.0 Å². The van der Waals surface area contributed by atoms with Gasteiger partial charge in [-0.3, -0.25) is 14.0 Å². The molecule has 0 N–H and O–H groups in total. The van der Waals surface area contributed by atoms with Gasteiger partial charge in [0.2, 0.25) is 0 Å². The SMILES string of the molecule is Cc1nc2c(-c3ccc(Cl)cc3F)nc(N3C[C@H](c4cnn(C)c4)OC4(CC4)C3)c(F)c2c(=O)n1C. The highest BCUT2D eigenvalue weighted by atomic mass is 35.5. The highest BCUT2D eigenvalue weighted by Crippen LogP contribution is 2.48. The molecule has 4 heterocycles. The minimum Gasteiger partial charge on any atom is -0.363 e. The molecule has 3 aromatic heterocycles. The highest BCUT2D eigenvalue weighted by Gasteiger charge is 2.51. The van der Waals surface area contributed by atoms with Gasteiger partial charge in [0.15, 0.2) is 11.6 Å². The minimum atomic E-state index is -0.779. The van der Waals surface area contributed by atoms with Gasteiger partial charge in [-0.05, 0) is 38.0 Å². The van der Waals surface area contributed by atoms with Gasteiger partial charge in [-0.15, -0.1) is 0 Å². The van der Waals surface area contributed by atoms with Gasteiger partial charge in [0, 0.05) is 43.0 Å². The van der Waals surface area contributed by atoms with Gasteiger partial charge in [0.05, 0.1) is 18.3 Å². The number of aromatic nitrogens is 5. The number of morpholine rings is 1. The van der Waals surface area contributed by atoms with Crippen LogP contribution in [0.2, 0.25) is 5.02 Å². The lowest BCUT2D eigenvalue weighted by molar-refractivity contribution is -0.0457. The average Bonchev–Trinajstić information content (AvgIpc) is 3.41. The summed E-state index contributed by atoms with van der Waals surface area (Å²) in [5, 5.41) is 4.22. The van der Waals surface area contributed by atoms with Crippen LogP contribution in [0.25, 0.3) is 22.2 Å². The van der Waals surface area contributed by atoms with E-state index < -0.39 is 22.8 Å². The predicted octanol–water partition coefficient (Wildman–Crippen LogP) is 4.08. The Morgan fingerprint density at radius 2 is 1.97 bits per heavy atom. The second-order valence-electron chi connectivity index (χ2n) is 9.59. The molecule has 4 aromatic rings. The van der Waals surface area contributed by atoms with Crippen molar-refractivity contribution in [2.45, 2.75) is 31.5 Å². The Labute approximate surface area is 210 Å². The zero-order valence-corrected chi connectivity index (χ0v) is 20.7. The van der Waals surface area contributed by atoms with Crippen LogP contribution in [0, 0.1) is 18.6 Å². The predicted molar refractivity (Wildman–Crippen MR) is 131 cm³/mol. The Hall–Kier alpha value is -3.37. The summed E-state index contributed by atoms with van der Waals surface area (Å²) in [4.78, 5) is 24.1. The summed E-state index contributed by atoms with van der Waals surface area (Å²) >= 11 is 5.97. The Morgan fingerprint density at radius 1 is 1.19 bits per heavy atom. The summed E-state index contributed by atoms with van der Waals surface area (Å²) in [6.07, 6.45) is 4.89. The number of anilines is 1. The average molecular weight is 513 g/mol. The highest BCUT2D eigenvalue weighted by molar-refractivity contribution is 6.30. The Morgan fingerprint density at radius 3 is 2.64 bits per heavy atom. The van der Waals surface area contributed by atoms with E-state index in [4.69, 9.17) is 16.3 Å². The normalized spacial score (nSPS) is 18.8. The summed E-state index contributed by atoms with van der Waals surface area (Å²) in [6, 6.07) is 4.15. The summed E-state index contributed by atoms with van der Waals surface area (Å²) in [5.41, 5.74) is 0.0644. The van der Waals surface area contributed by atoms with Crippen molar-refractivity contribution in [3.05, 3.63) is 69.0 Å². The van der Waals surface area contributed by atoms with Gasteiger partial charge in [-0.2, -0.15) is 5.10 Å². The molecule has 1 aromatic carbocycles. The zero-order valence-electron chi connectivity index (χ0n) is 19.9. The molecule has 0 radical (unpaired) electrons. The summed E-state index contributed by atoms with van der Waals surface area (Å²) in [7, 11) is 3.35. The van der Waals surface area contributed by atoms with Crippen molar-refractivity contribution in [1.29, 1.82) is 0 Å². The van der Waals surface area contributed by atoms with Crippen LogP contribution in [0.4, 0.5) is 14.6 Å². The third-order valence-corrected chi connectivity index (χ3v) is 7.25. The number of hydrogen-bond acceptors (Lipinski definition) is 6. The van der Waals surface area contributed by atoms with Gasteiger partial charge in [-0.1, -0.05) is 11.6 Å². The topological polar surface area (TPSA) is 78.1 Å². The van der Waals surface area contributed by atoms with E-state index in [1.807, 2.05) is 13.2 Å². The van der Waals surface area contributed by atoms with E-state index in [2.05, 4.69) is 15.1 Å². The second-order valence-corrected chi connectivity index (χ2v) is 10.0. The maximum absolute atomic E-state index is 16.2. The Bertz CT molecular complexity index is 1600. The van der Waals surface area contributed by atoms with E-state index >= 15 is 8.78 Å². The molecule has 186 valence electrons. The fourth-order valence-electron chi connectivity index (χ4n) is 4.82. The number of ether oxygens (including phenoxy) is 1. The summed E-state index contributed by atoms with van der Waals surface area (Å²) < 4.78 is 40.6. The third kappa shape index (κ3) is 3.67. The van der Waals surface area contributed by atoms with E-state index in [0.29, 0.717) is 18.9 Å². The molecule has 1 saturated heterocycles. The molecule has 2 aliphatic rings. The molecule has 1 atom stereocenters. The fraction of sp³-hybridized carbons (Fsp3) is 0.360. The molecular weight excluding hydrogens is 490 g/mol. The third-order valence-electron chi connectivity index (χ3n) is 7.02. The number of pyridine rings is 1. The molecule has 8 nitrogen and oxygen atoms in total. The molecule has 0 unspecified atom stereocenters. The molecule has 11 heteroatoms. The van der Waals surface area contributed by atoms with Crippen LogP contribution in [-0.2, 0) is 18.8 Å². The van der Waals surface area contributed by atoms with Gasteiger partial charge < -0.3 is 9.64 Å². The van der Waals surface area contributed by atoms with Crippen molar-refractivity contribution in [1.82, 2.24) is 24.3 Å². The molecule has 1 aliphatic heterocycles. The molecular formula is C25H23ClF2N6O2. The first-order chi connectivity index (χ1) is 17.2. The number of fused-ring (bicyclic) bond motifs is 1. The molecule has 6 rings (SSSR count). The Kier molecular flexibility index (Phi) is 5.17. The van der Waals surface area contributed by atoms with E-state index in [9.17, 15) is 4.79 Å². The quantitative estimate of drug-likeness (QED) is 0.411. The first kappa shape index (κ1) is 23.1. The number of aryl methyl sites for hydroxylation is 2. The fourth-order valence-corrected chi connectivity index (χ4v) is 4.98. The number of rotatable bonds is 3. The maximum atomic E-state index is 16.2. The molecule has 1 aliphatic carbocycles. The van der Waals surface area contributed by atoms with Crippen molar-refractivity contribution in [3.8, 4) is 11.3 Å². The largest absolute Gasteiger partial charge is 0.363 e. The maximum Gasteiger partial charge on any atom is 0.264 e. The standard InChI is InChI=1S/C25H23ClF2N6O2/c1-13-30-22-19(24(35)33(13)3)20(28)23(31-21(22)16-5-4-15(26)8-17(16)27)34-11-18(14-9-29-32(2)10-14)36-25(12-34)6-7-25/h4-5,8-10,18H,6-7,11-12H2,1-3H3/t18-/m1/s1. The van der Waals surface area contributed by atoms with Crippen molar-refractivity contribution < 1.29 is 13.5 Å². The lowest BCUT2D eigenvalue weighted by Gasteiger charge is -2.39. The van der Waals surface area contributed by atoms with Crippen LogP contribution in [-0.4, -0.2) is 43.0 Å². The lowest BCUT2D eigenvalue weighted by Crippen LogP contribution is -2.46. The number of hydrogen-bond donors (Lipinski definition) is 0. The van der Waals surface area contributed by atoms with Gasteiger partial charge in [0.1, 0.15) is 34.3 Å². The van der Waals surface area contributed by atoms with E-state index in [0.717, 1.165) is 24.5 Å². The Balaban J connectivity index is 1.57. The molecule has 1 saturated carbocycles. The first-order valence-corrected chi connectivity index (χ1v) is 12.0. The summed E-state index contributed by atoms with van der Waals surface area (Å²) in [6.45, 7) is 2.33. The lowest BCUT2D eigenvalue weighted by atomic mass is 10.1. The second kappa shape index (κ2) is 8.07. The van der Waals surface area contributed by atoms with Crippen LogP contribution >= 0.6 is 11.6 Å². The molecule has 2 fully saturated rings. The number of halogens is 3. The number of benzene rings is 1. The molecule has 0 amide bonds. The van der Waals surface area contributed by atoms with Crippen molar-refractivity contribution in [2.24, 2.45) is 14.1 Å². The van der Waals surface area contributed by atoms with E-state index in [-0.39, 0.29) is 39.1 Å². The van der Waals surface area contributed by atoms with Crippen molar-refractivity contribution in [3.63, 3.8) is 0 Å². The monoisotopic (exact) mass is 512 g/mol. The first-order valence-electron chi connectivity index (χ1n) is 11.6. The molecule has 1 spiro atoms. The van der Waals surface area contributed by atoms with Crippen LogP contribution < -0.4 is 10.5 Å².